The Morgan fingerprint density at radius 3 is 2.59 bits per heavy atom. The number of benzene rings is 1. The van der Waals surface area contributed by atoms with Crippen LogP contribution >= 0.6 is 0 Å². The molecule has 2 rings (SSSR count). The lowest BCUT2D eigenvalue weighted by Gasteiger charge is -2.09. The first kappa shape index (κ1) is 12.0. The molecule has 0 unspecified atom stereocenters. The summed E-state index contributed by atoms with van der Waals surface area (Å²) >= 11 is 0. The lowest BCUT2D eigenvalue weighted by molar-refractivity contribution is 0.318. The van der Waals surface area contributed by atoms with E-state index in [1.807, 2.05) is 12.1 Å². The fourth-order valence-electron chi connectivity index (χ4n) is 2.71. The van der Waals surface area contributed by atoms with Crippen molar-refractivity contribution < 1.29 is 5.21 Å². The molecule has 92 valence electrons. The molecule has 0 bridgehead atoms. The Labute approximate surface area is 102 Å². The molecule has 0 aromatic heterocycles. The van der Waals surface area contributed by atoms with E-state index in [1.54, 1.807) is 0 Å². The van der Waals surface area contributed by atoms with Crippen LogP contribution in [0.3, 0.4) is 0 Å². The molecule has 0 radical (unpaired) electrons. The third-order valence-corrected chi connectivity index (χ3v) is 3.69. The van der Waals surface area contributed by atoms with Crippen LogP contribution in [0.25, 0.3) is 0 Å². The normalized spacial score (nSPS) is 25.1. The van der Waals surface area contributed by atoms with Gasteiger partial charge in [0.2, 0.25) is 0 Å². The van der Waals surface area contributed by atoms with Crippen molar-refractivity contribution in [1.29, 1.82) is 0 Å². The molecule has 17 heavy (non-hydrogen) atoms. The van der Waals surface area contributed by atoms with E-state index in [2.05, 4.69) is 24.2 Å². The largest absolute Gasteiger partial charge is 0.409 e. The lowest BCUT2D eigenvalue weighted by atomic mass is 9.96. The van der Waals surface area contributed by atoms with Gasteiger partial charge in [0, 0.05) is 5.56 Å². The SMILES string of the molecule is C[C@@H]1CC[C@H](Cc2ccc(/C(N)=N/O)cc2)C1. The van der Waals surface area contributed by atoms with E-state index < -0.39 is 0 Å². The molecule has 2 atom stereocenters. The Bertz CT molecular complexity index is 397. The summed E-state index contributed by atoms with van der Waals surface area (Å²) in [4.78, 5) is 0. The highest BCUT2D eigenvalue weighted by atomic mass is 16.4. The molecular weight excluding hydrogens is 212 g/mol. The van der Waals surface area contributed by atoms with Crippen LogP contribution in [0.15, 0.2) is 29.4 Å². The van der Waals surface area contributed by atoms with Crippen molar-refractivity contribution in [2.24, 2.45) is 22.7 Å². The van der Waals surface area contributed by atoms with Gasteiger partial charge in [0.15, 0.2) is 5.84 Å². The third-order valence-electron chi connectivity index (χ3n) is 3.69. The number of hydrogen-bond donors (Lipinski definition) is 2. The predicted octanol–water partition coefficient (Wildman–Crippen LogP) is 2.76. The molecule has 1 fully saturated rings. The number of hydrogen-bond acceptors (Lipinski definition) is 2. The van der Waals surface area contributed by atoms with E-state index in [4.69, 9.17) is 10.9 Å². The molecule has 0 spiro atoms. The summed E-state index contributed by atoms with van der Waals surface area (Å²) in [6.07, 6.45) is 5.22. The van der Waals surface area contributed by atoms with Gasteiger partial charge in [-0.25, -0.2) is 0 Å². The van der Waals surface area contributed by atoms with Crippen molar-refractivity contribution in [2.75, 3.05) is 0 Å². The second-order valence-electron chi connectivity index (χ2n) is 5.17. The van der Waals surface area contributed by atoms with Crippen LogP contribution in [-0.2, 0) is 6.42 Å². The van der Waals surface area contributed by atoms with Crippen molar-refractivity contribution in [2.45, 2.75) is 32.6 Å². The van der Waals surface area contributed by atoms with Crippen molar-refractivity contribution in [3.63, 3.8) is 0 Å². The Balaban J connectivity index is 1.99. The van der Waals surface area contributed by atoms with Gasteiger partial charge in [-0.3, -0.25) is 0 Å². The van der Waals surface area contributed by atoms with E-state index in [0.29, 0.717) is 0 Å². The molecule has 1 aliphatic rings. The molecule has 1 aromatic rings. The summed E-state index contributed by atoms with van der Waals surface area (Å²) in [6.45, 7) is 2.33. The first-order valence-electron chi connectivity index (χ1n) is 6.26. The molecule has 3 N–H and O–H groups in total. The Hall–Kier alpha value is -1.51. The molecule has 0 aliphatic heterocycles. The molecule has 1 saturated carbocycles. The monoisotopic (exact) mass is 232 g/mol. The van der Waals surface area contributed by atoms with Crippen LogP contribution in [0.1, 0.15) is 37.3 Å². The van der Waals surface area contributed by atoms with Gasteiger partial charge in [-0.2, -0.15) is 0 Å². The van der Waals surface area contributed by atoms with Crippen LogP contribution in [0.4, 0.5) is 0 Å². The van der Waals surface area contributed by atoms with Gasteiger partial charge >= 0.3 is 0 Å². The van der Waals surface area contributed by atoms with Crippen molar-refractivity contribution in [1.82, 2.24) is 0 Å². The minimum absolute atomic E-state index is 0.172. The molecule has 1 aliphatic carbocycles. The summed E-state index contributed by atoms with van der Waals surface area (Å²) in [5, 5.41) is 11.6. The predicted molar refractivity (Wildman–Crippen MR) is 69.2 cm³/mol. The highest BCUT2D eigenvalue weighted by molar-refractivity contribution is 5.96. The zero-order chi connectivity index (χ0) is 12.3. The second-order valence-corrected chi connectivity index (χ2v) is 5.17. The van der Waals surface area contributed by atoms with Gasteiger partial charge in [-0.15, -0.1) is 0 Å². The smallest absolute Gasteiger partial charge is 0.170 e. The first-order chi connectivity index (χ1) is 8.19. The maximum absolute atomic E-state index is 8.58. The number of rotatable bonds is 3. The van der Waals surface area contributed by atoms with Gasteiger partial charge in [0.1, 0.15) is 0 Å². The van der Waals surface area contributed by atoms with Crippen LogP contribution in [-0.4, -0.2) is 11.0 Å². The average molecular weight is 232 g/mol. The number of oxime groups is 1. The quantitative estimate of drug-likeness (QED) is 0.364. The van der Waals surface area contributed by atoms with E-state index in [0.717, 1.165) is 23.8 Å². The summed E-state index contributed by atoms with van der Waals surface area (Å²) < 4.78 is 0. The fraction of sp³-hybridized carbons (Fsp3) is 0.500. The summed E-state index contributed by atoms with van der Waals surface area (Å²) in [5.41, 5.74) is 7.65. The van der Waals surface area contributed by atoms with Gasteiger partial charge < -0.3 is 10.9 Å². The summed E-state index contributed by atoms with van der Waals surface area (Å²) in [6, 6.07) is 8.00. The van der Waals surface area contributed by atoms with E-state index in [9.17, 15) is 0 Å². The second kappa shape index (κ2) is 5.21. The first-order valence-corrected chi connectivity index (χ1v) is 6.26. The number of nitrogens with zero attached hydrogens (tertiary/aromatic N) is 1. The van der Waals surface area contributed by atoms with Crippen LogP contribution in [0.2, 0.25) is 0 Å². The highest BCUT2D eigenvalue weighted by Crippen LogP contribution is 2.32. The summed E-state index contributed by atoms with van der Waals surface area (Å²) in [5.74, 6) is 1.89. The number of nitrogens with two attached hydrogens (primary N) is 1. The maximum atomic E-state index is 8.58. The zero-order valence-electron chi connectivity index (χ0n) is 10.3. The fourth-order valence-corrected chi connectivity index (χ4v) is 2.71. The van der Waals surface area contributed by atoms with E-state index in [1.165, 1.54) is 24.8 Å². The van der Waals surface area contributed by atoms with Gasteiger partial charge in [0.05, 0.1) is 0 Å². The topological polar surface area (TPSA) is 58.6 Å². The molecule has 1 aromatic carbocycles. The molecule has 0 heterocycles. The maximum Gasteiger partial charge on any atom is 0.170 e. The van der Waals surface area contributed by atoms with Gasteiger partial charge in [0.25, 0.3) is 0 Å². The molecule has 0 saturated heterocycles. The van der Waals surface area contributed by atoms with Crippen LogP contribution in [0, 0.1) is 11.8 Å². The highest BCUT2D eigenvalue weighted by Gasteiger charge is 2.21. The van der Waals surface area contributed by atoms with Crippen molar-refractivity contribution >= 4 is 5.84 Å². The minimum Gasteiger partial charge on any atom is -0.409 e. The Morgan fingerprint density at radius 2 is 2.06 bits per heavy atom. The standard InChI is InChI=1S/C14H20N2O/c1-10-2-3-12(8-10)9-11-4-6-13(7-5-11)14(15)16-17/h4-7,10,12,17H,2-3,8-9H2,1H3,(H2,15,16)/t10-,12+/m1/s1. The zero-order valence-corrected chi connectivity index (χ0v) is 10.3. The van der Waals surface area contributed by atoms with E-state index in [-0.39, 0.29) is 5.84 Å². The number of amidine groups is 1. The molecular formula is C14H20N2O. The van der Waals surface area contributed by atoms with Gasteiger partial charge in [-0.1, -0.05) is 42.8 Å². The van der Waals surface area contributed by atoms with Gasteiger partial charge in [-0.05, 0) is 36.7 Å². The van der Waals surface area contributed by atoms with Crippen molar-refractivity contribution in [3.05, 3.63) is 35.4 Å². The summed E-state index contributed by atoms with van der Waals surface area (Å²) in [7, 11) is 0. The Kier molecular flexibility index (Phi) is 3.67. The van der Waals surface area contributed by atoms with Crippen molar-refractivity contribution in [3.8, 4) is 0 Å². The molecule has 3 heteroatoms. The van der Waals surface area contributed by atoms with E-state index >= 15 is 0 Å². The molecule has 0 amide bonds. The lowest BCUT2D eigenvalue weighted by Crippen LogP contribution is -2.12. The minimum atomic E-state index is 0.172. The van der Waals surface area contributed by atoms with Crippen LogP contribution in [0.5, 0.6) is 0 Å². The third kappa shape index (κ3) is 2.99. The van der Waals surface area contributed by atoms with Crippen LogP contribution < -0.4 is 5.73 Å². The molecule has 3 nitrogen and oxygen atoms in total. The Morgan fingerprint density at radius 1 is 1.35 bits per heavy atom. The average Bonchev–Trinajstić information content (AvgIpc) is 2.75.